The number of benzene rings is 2. The SMILES string of the molecule is O=CC1OC(c2cc(C(F)(F)F)nn2-c2ncccc2Cl)=Nc2c1cc1ccccc1c2Cl. The molecule has 33 heavy (non-hydrogen) atoms. The molecule has 0 aliphatic carbocycles. The number of pyridine rings is 1. The van der Waals surface area contributed by atoms with E-state index in [1.54, 1.807) is 18.2 Å². The lowest BCUT2D eigenvalue weighted by atomic mass is 10.0. The van der Waals surface area contributed by atoms with Crippen LogP contribution < -0.4 is 0 Å². The van der Waals surface area contributed by atoms with E-state index in [1.165, 1.54) is 18.3 Å². The summed E-state index contributed by atoms with van der Waals surface area (Å²) in [4.78, 5) is 20.3. The molecule has 0 N–H and O–H groups in total. The number of alkyl halides is 3. The van der Waals surface area contributed by atoms with Crippen molar-refractivity contribution in [1.82, 2.24) is 14.8 Å². The second-order valence-corrected chi connectivity index (χ2v) is 7.86. The minimum absolute atomic E-state index is 0.0587. The first kappa shape index (κ1) is 21.4. The quantitative estimate of drug-likeness (QED) is 0.325. The van der Waals surface area contributed by atoms with Gasteiger partial charge >= 0.3 is 6.18 Å². The number of halogens is 5. The van der Waals surface area contributed by atoms with Crippen LogP contribution in [0, 0.1) is 0 Å². The van der Waals surface area contributed by atoms with Gasteiger partial charge in [0.1, 0.15) is 5.69 Å². The topological polar surface area (TPSA) is 69.4 Å². The van der Waals surface area contributed by atoms with Crippen molar-refractivity contribution in [2.45, 2.75) is 12.3 Å². The molecule has 4 aromatic rings. The van der Waals surface area contributed by atoms with Gasteiger partial charge in [-0.2, -0.15) is 18.3 Å². The molecule has 1 aliphatic heterocycles. The Labute approximate surface area is 194 Å². The first-order valence-electron chi connectivity index (χ1n) is 9.48. The highest BCUT2D eigenvalue weighted by Gasteiger charge is 2.38. The number of rotatable bonds is 3. The number of aldehydes is 1. The second-order valence-electron chi connectivity index (χ2n) is 7.07. The number of carbonyl (C=O) groups excluding carboxylic acids is 1. The van der Waals surface area contributed by atoms with Crippen molar-refractivity contribution in [2.24, 2.45) is 4.99 Å². The van der Waals surface area contributed by atoms with Crippen molar-refractivity contribution in [3.63, 3.8) is 0 Å². The Bertz CT molecular complexity index is 1450. The van der Waals surface area contributed by atoms with Gasteiger partial charge < -0.3 is 4.74 Å². The minimum atomic E-state index is -4.76. The van der Waals surface area contributed by atoms with Crippen LogP contribution in [0.1, 0.15) is 23.1 Å². The van der Waals surface area contributed by atoms with Crippen LogP contribution in [0.4, 0.5) is 18.9 Å². The third-order valence-electron chi connectivity index (χ3n) is 5.03. The minimum Gasteiger partial charge on any atom is -0.460 e. The lowest BCUT2D eigenvalue weighted by molar-refractivity contribution is -0.141. The molecule has 0 fully saturated rings. The van der Waals surface area contributed by atoms with E-state index >= 15 is 0 Å². The van der Waals surface area contributed by atoms with E-state index in [0.29, 0.717) is 17.2 Å². The summed E-state index contributed by atoms with van der Waals surface area (Å²) in [7, 11) is 0. The standard InChI is InChI=1S/C22H11Cl2F3N4O2/c23-14-6-3-7-28-20(14)31-15(9-17(30-31)22(25,26)27)21-29-19-13(16(10-32)33-21)8-11-4-1-2-5-12(11)18(19)24/h1-10,16H. The van der Waals surface area contributed by atoms with Crippen LogP contribution in [0.3, 0.4) is 0 Å². The fraction of sp³-hybridized carbons (Fsp3) is 0.0909. The third-order valence-corrected chi connectivity index (χ3v) is 5.71. The largest absolute Gasteiger partial charge is 0.460 e. The van der Waals surface area contributed by atoms with Crippen molar-refractivity contribution in [3.8, 4) is 5.82 Å². The van der Waals surface area contributed by atoms with Crippen molar-refractivity contribution in [2.75, 3.05) is 0 Å². The normalized spacial score (nSPS) is 15.7. The molecule has 11 heteroatoms. The zero-order valence-electron chi connectivity index (χ0n) is 16.3. The molecule has 0 bridgehead atoms. The molecule has 1 aliphatic rings. The molecular formula is C22H11Cl2F3N4O2. The highest BCUT2D eigenvalue weighted by atomic mass is 35.5. The zero-order valence-corrected chi connectivity index (χ0v) is 17.9. The number of hydrogen-bond donors (Lipinski definition) is 0. The van der Waals surface area contributed by atoms with E-state index in [-0.39, 0.29) is 33.1 Å². The van der Waals surface area contributed by atoms with Gasteiger partial charge in [-0.3, -0.25) is 4.79 Å². The van der Waals surface area contributed by atoms with Crippen LogP contribution in [0.5, 0.6) is 0 Å². The molecule has 6 nitrogen and oxygen atoms in total. The molecule has 166 valence electrons. The molecule has 5 rings (SSSR count). The average molecular weight is 491 g/mol. The van der Waals surface area contributed by atoms with Crippen LogP contribution >= 0.6 is 23.2 Å². The van der Waals surface area contributed by atoms with Crippen LogP contribution in [0.2, 0.25) is 10.0 Å². The Morgan fingerprint density at radius 2 is 1.88 bits per heavy atom. The smallest absolute Gasteiger partial charge is 0.435 e. The molecule has 0 spiro atoms. The Kier molecular flexibility index (Phi) is 5.10. The molecule has 1 atom stereocenters. The number of fused-ring (bicyclic) bond motifs is 2. The van der Waals surface area contributed by atoms with E-state index in [4.69, 9.17) is 27.9 Å². The number of carbonyl (C=O) groups is 1. The summed E-state index contributed by atoms with van der Waals surface area (Å²) in [5, 5.41) is 5.37. The van der Waals surface area contributed by atoms with Gasteiger partial charge in [-0.15, -0.1) is 0 Å². The highest BCUT2D eigenvalue weighted by molar-refractivity contribution is 6.38. The lowest BCUT2D eigenvalue weighted by Gasteiger charge is -2.24. The Morgan fingerprint density at radius 1 is 1.09 bits per heavy atom. The van der Waals surface area contributed by atoms with E-state index in [0.717, 1.165) is 16.1 Å². The number of hydrogen-bond acceptors (Lipinski definition) is 5. The maximum Gasteiger partial charge on any atom is 0.435 e. The molecule has 0 saturated carbocycles. The number of ether oxygens (including phenoxy) is 1. The first-order chi connectivity index (χ1) is 15.8. The van der Waals surface area contributed by atoms with Crippen molar-refractivity contribution in [1.29, 1.82) is 0 Å². The maximum absolute atomic E-state index is 13.5. The van der Waals surface area contributed by atoms with Gasteiger partial charge in [0.25, 0.3) is 0 Å². The number of aliphatic imine (C=N–C) groups is 1. The predicted octanol–water partition coefficient (Wildman–Crippen LogP) is 6.09. The summed E-state index contributed by atoms with van der Waals surface area (Å²) in [5.41, 5.74) is -0.772. The second kappa shape index (κ2) is 7.86. The van der Waals surface area contributed by atoms with E-state index in [2.05, 4.69) is 15.1 Å². The summed E-state index contributed by atoms with van der Waals surface area (Å²) in [5.74, 6) is -0.337. The molecule has 1 unspecified atom stereocenters. The van der Waals surface area contributed by atoms with E-state index in [1.807, 2.05) is 12.1 Å². The van der Waals surface area contributed by atoms with Crippen LogP contribution in [0.25, 0.3) is 16.6 Å². The summed E-state index contributed by atoms with van der Waals surface area (Å²) < 4.78 is 47.1. The average Bonchev–Trinajstić information content (AvgIpc) is 3.25. The first-order valence-corrected chi connectivity index (χ1v) is 10.2. The van der Waals surface area contributed by atoms with Crippen molar-refractivity contribution >= 4 is 51.8 Å². The molecule has 3 heterocycles. The fourth-order valence-corrected chi connectivity index (χ4v) is 4.07. The number of aromatic nitrogens is 3. The molecule has 0 radical (unpaired) electrons. The number of nitrogens with zero attached hydrogens (tertiary/aromatic N) is 4. The Hall–Kier alpha value is -3.43. The summed E-state index contributed by atoms with van der Waals surface area (Å²) in [6.07, 6.45) is -4.02. The monoisotopic (exact) mass is 490 g/mol. The van der Waals surface area contributed by atoms with Gasteiger partial charge in [0.2, 0.25) is 5.90 Å². The molecule has 2 aromatic carbocycles. The summed E-state index contributed by atoms with van der Waals surface area (Å²) in [6.45, 7) is 0. The molecule has 2 aromatic heterocycles. The van der Waals surface area contributed by atoms with Gasteiger partial charge in [0.15, 0.2) is 23.9 Å². The van der Waals surface area contributed by atoms with E-state index < -0.39 is 18.0 Å². The highest BCUT2D eigenvalue weighted by Crippen LogP contribution is 2.43. The van der Waals surface area contributed by atoms with Crippen LogP contribution in [-0.4, -0.2) is 26.9 Å². The molecule has 0 saturated heterocycles. The van der Waals surface area contributed by atoms with Crippen LogP contribution in [0.15, 0.2) is 59.7 Å². The zero-order chi connectivity index (χ0) is 23.3. The predicted molar refractivity (Wildman–Crippen MR) is 116 cm³/mol. The third kappa shape index (κ3) is 3.63. The van der Waals surface area contributed by atoms with Gasteiger partial charge in [-0.1, -0.05) is 47.5 Å². The molecular weight excluding hydrogens is 480 g/mol. The van der Waals surface area contributed by atoms with Crippen molar-refractivity contribution in [3.05, 3.63) is 81.7 Å². The van der Waals surface area contributed by atoms with Gasteiger partial charge in [0, 0.05) is 23.2 Å². The van der Waals surface area contributed by atoms with Gasteiger partial charge in [0.05, 0.1) is 15.7 Å². The summed E-state index contributed by atoms with van der Waals surface area (Å²) >= 11 is 12.7. The summed E-state index contributed by atoms with van der Waals surface area (Å²) in [6, 6.07) is 12.6. The molecule has 0 amide bonds. The fourth-order valence-electron chi connectivity index (χ4n) is 3.54. The van der Waals surface area contributed by atoms with Crippen molar-refractivity contribution < 1.29 is 22.7 Å². The Balaban J connectivity index is 1.77. The van der Waals surface area contributed by atoms with E-state index in [9.17, 15) is 18.0 Å². The Morgan fingerprint density at radius 3 is 2.61 bits per heavy atom. The maximum atomic E-state index is 13.5. The van der Waals surface area contributed by atoms with Crippen LogP contribution in [-0.2, 0) is 15.7 Å². The van der Waals surface area contributed by atoms with Gasteiger partial charge in [-0.25, -0.2) is 14.7 Å². The lowest BCUT2D eigenvalue weighted by Crippen LogP contribution is -2.21. The van der Waals surface area contributed by atoms with Gasteiger partial charge in [-0.05, 0) is 23.6 Å².